The molecule has 1 N–H and O–H groups in total. The maximum absolute atomic E-state index is 11.2. The highest BCUT2D eigenvalue weighted by molar-refractivity contribution is 5.95. The van der Waals surface area contributed by atoms with E-state index in [1.54, 1.807) is 6.07 Å². The van der Waals surface area contributed by atoms with E-state index in [2.05, 4.69) is 5.18 Å². The summed E-state index contributed by atoms with van der Waals surface area (Å²) in [6.45, 7) is 0. The van der Waals surface area contributed by atoms with E-state index in [0.717, 1.165) is 16.7 Å². The van der Waals surface area contributed by atoms with Crippen molar-refractivity contribution < 1.29 is 9.90 Å². The quantitative estimate of drug-likeness (QED) is 0.818. The van der Waals surface area contributed by atoms with Gasteiger partial charge in [0.2, 0.25) is 0 Å². The molecule has 1 unspecified atom stereocenters. The predicted octanol–water partition coefficient (Wildman–Crippen LogP) is 3.22. The molecular formula is C14H9NO3. The molecule has 4 nitrogen and oxygen atoms in total. The van der Waals surface area contributed by atoms with E-state index >= 15 is 0 Å². The van der Waals surface area contributed by atoms with E-state index in [-0.39, 0.29) is 5.56 Å². The Hall–Kier alpha value is -2.49. The van der Waals surface area contributed by atoms with Gasteiger partial charge in [-0.2, -0.15) is 0 Å². The second-order valence-corrected chi connectivity index (χ2v) is 4.17. The summed E-state index contributed by atoms with van der Waals surface area (Å²) in [6.07, 6.45) is 0. The van der Waals surface area contributed by atoms with Crippen molar-refractivity contribution in [1.82, 2.24) is 0 Å². The molecule has 0 saturated carbocycles. The molecule has 0 aromatic heterocycles. The van der Waals surface area contributed by atoms with Gasteiger partial charge in [-0.05, 0) is 22.8 Å². The summed E-state index contributed by atoms with van der Waals surface area (Å²) < 4.78 is 0. The van der Waals surface area contributed by atoms with Gasteiger partial charge in [-0.15, -0.1) is 4.91 Å². The van der Waals surface area contributed by atoms with Crippen molar-refractivity contribution in [2.24, 2.45) is 5.18 Å². The van der Waals surface area contributed by atoms with Crippen LogP contribution in [0.25, 0.3) is 11.1 Å². The lowest BCUT2D eigenvalue weighted by molar-refractivity contribution is 0.0695. The van der Waals surface area contributed by atoms with Gasteiger partial charge in [-0.25, -0.2) is 4.79 Å². The molecule has 1 atom stereocenters. The molecule has 4 heteroatoms. The van der Waals surface area contributed by atoms with Crippen molar-refractivity contribution in [2.45, 2.75) is 6.04 Å². The first-order valence-electron chi connectivity index (χ1n) is 5.52. The van der Waals surface area contributed by atoms with Crippen LogP contribution in [0.15, 0.2) is 47.6 Å². The fraction of sp³-hybridized carbons (Fsp3) is 0.0714. The summed E-state index contributed by atoms with van der Waals surface area (Å²) in [7, 11) is 0. The lowest BCUT2D eigenvalue weighted by atomic mass is 9.99. The van der Waals surface area contributed by atoms with Crippen molar-refractivity contribution in [3.63, 3.8) is 0 Å². The summed E-state index contributed by atoms with van der Waals surface area (Å²) in [4.78, 5) is 22.3. The molecule has 0 saturated heterocycles. The summed E-state index contributed by atoms with van der Waals surface area (Å²) in [5.41, 5.74) is 3.10. The number of rotatable bonds is 2. The molecule has 0 fully saturated rings. The van der Waals surface area contributed by atoms with Crippen LogP contribution in [-0.2, 0) is 0 Å². The van der Waals surface area contributed by atoms with Crippen molar-refractivity contribution in [3.05, 3.63) is 64.1 Å². The second kappa shape index (κ2) is 3.77. The zero-order chi connectivity index (χ0) is 12.7. The van der Waals surface area contributed by atoms with Crippen LogP contribution < -0.4 is 0 Å². The Balaban J connectivity index is 2.37. The molecule has 0 radical (unpaired) electrons. The lowest BCUT2D eigenvalue weighted by Gasteiger charge is -2.07. The van der Waals surface area contributed by atoms with Gasteiger partial charge < -0.3 is 5.11 Å². The monoisotopic (exact) mass is 239 g/mol. The summed E-state index contributed by atoms with van der Waals surface area (Å²) in [5, 5.41) is 12.3. The Bertz CT molecular complexity index is 664. The maximum atomic E-state index is 11.2. The highest BCUT2D eigenvalue weighted by Gasteiger charge is 2.33. The first-order chi connectivity index (χ1) is 8.74. The zero-order valence-corrected chi connectivity index (χ0v) is 9.33. The minimum atomic E-state index is -1.03. The third-order valence-electron chi connectivity index (χ3n) is 3.26. The second-order valence-electron chi connectivity index (χ2n) is 4.17. The third-order valence-corrected chi connectivity index (χ3v) is 3.26. The van der Waals surface area contributed by atoms with Gasteiger partial charge in [-0.3, -0.25) is 0 Å². The van der Waals surface area contributed by atoms with E-state index in [0.29, 0.717) is 5.56 Å². The minimum Gasteiger partial charge on any atom is -0.478 e. The Kier molecular flexibility index (Phi) is 2.23. The molecule has 2 aromatic carbocycles. The molecule has 0 spiro atoms. The van der Waals surface area contributed by atoms with Gasteiger partial charge in [0, 0.05) is 5.56 Å². The van der Waals surface area contributed by atoms with E-state index in [9.17, 15) is 14.8 Å². The highest BCUT2D eigenvalue weighted by Crippen LogP contribution is 2.46. The summed E-state index contributed by atoms with van der Waals surface area (Å²) in [5.74, 6) is -1.03. The largest absolute Gasteiger partial charge is 0.478 e. The van der Waals surface area contributed by atoms with Crippen LogP contribution in [0.3, 0.4) is 0 Å². The fourth-order valence-corrected chi connectivity index (χ4v) is 2.53. The van der Waals surface area contributed by atoms with Gasteiger partial charge in [0.15, 0.2) is 0 Å². The smallest absolute Gasteiger partial charge is 0.336 e. The van der Waals surface area contributed by atoms with Crippen molar-refractivity contribution in [2.75, 3.05) is 0 Å². The Morgan fingerprint density at radius 2 is 1.78 bits per heavy atom. The maximum Gasteiger partial charge on any atom is 0.336 e. The minimum absolute atomic E-state index is 0.147. The Morgan fingerprint density at radius 1 is 1.06 bits per heavy atom. The molecule has 0 bridgehead atoms. The fourth-order valence-electron chi connectivity index (χ4n) is 2.53. The first-order valence-corrected chi connectivity index (χ1v) is 5.52. The molecule has 88 valence electrons. The standard InChI is InChI=1S/C14H9NO3/c16-14(17)11-7-3-6-9-8-4-1-2-5-10(8)13(15-18)12(9)11/h1-7,13H,(H,16,17). The number of fused-ring (bicyclic) bond motifs is 3. The van der Waals surface area contributed by atoms with Gasteiger partial charge in [-0.1, -0.05) is 41.6 Å². The molecule has 0 amide bonds. The lowest BCUT2D eigenvalue weighted by Crippen LogP contribution is -2.04. The molecule has 2 aromatic rings. The van der Waals surface area contributed by atoms with Gasteiger partial charge in [0.05, 0.1) is 5.56 Å². The number of nitroso groups, excluding NO2 is 1. The summed E-state index contributed by atoms with van der Waals surface area (Å²) in [6, 6.07) is 11.7. The van der Waals surface area contributed by atoms with Gasteiger partial charge >= 0.3 is 5.97 Å². The number of aromatic carboxylic acids is 1. The number of hydrogen-bond donors (Lipinski definition) is 1. The SMILES string of the molecule is O=NC1c2ccccc2-c2cccc(C(=O)O)c21. The zero-order valence-electron chi connectivity index (χ0n) is 9.33. The van der Waals surface area contributed by atoms with Crippen LogP contribution >= 0.6 is 0 Å². The number of nitrogens with zero attached hydrogens (tertiary/aromatic N) is 1. The highest BCUT2D eigenvalue weighted by atomic mass is 16.4. The Morgan fingerprint density at radius 3 is 2.50 bits per heavy atom. The van der Waals surface area contributed by atoms with E-state index in [1.807, 2.05) is 30.3 Å². The predicted molar refractivity (Wildman–Crippen MR) is 66.5 cm³/mol. The van der Waals surface area contributed by atoms with Crippen LogP contribution in [0.1, 0.15) is 27.5 Å². The van der Waals surface area contributed by atoms with Crippen molar-refractivity contribution in [1.29, 1.82) is 0 Å². The van der Waals surface area contributed by atoms with E-state index < -0.39 is 12.0 Å². The average Bonchev–Trinajstić information content (AvgIpc) is 2.72. The number of carboxylic acids is 1. The molecule has 1 aliphatic rings. The topological polar surface area (TPSA) is 66.7 Å². The molecular weight excluding hydrogens is 230 g/mol. The van der Waals surface area contributed by atoms with Crippen LogP contribution in [0, 0.1) is 4.91 Å². The molecule has 0 aliphatic heterocycles. The van der Waals surface area contributed by atoms with E-state index in [4.69, 9.17) is 0 Å². The Labute approximate surface area is 103 Å². The van der Waals surface area contributed by atoms with Crippen molar-refractivity contribution in [3.8, 4) is 11.1 Å². The van der Waals surface area contributed by atoms with Crippen LogP contribution in [0.5, 0.6) is 0 Å². The third kappa shape index (κ3) is 1.29. The first kappa shape index (κ1) is 10.7. The van der Waals surface area contributed by atoms with Crippen molar-refractivity contribution >= 4 is 5.97 Å². The normalized spacial score (nSPS) is 15.9. The summed E-state index contributed by atoms with van der Waals surface area (Å²) >= 11 is 0. The van der Waals surface area contributed by atoms with Gasteiger partial charge in [0.1, 0.15) is 6.04 Å². The number of benzene rings is 2. The van der Waals surface area contributed by atoms with Gasteiger partial charge in [0.25, 0.3) is 0 Å². The molecule has 18 heavy (non-hydrogen) atoms. The van der Waals surface area contributed by atoms with Crippen LogP contribution in [0.2, 0.25) is 0 Å². The molecule has 3 rings (SSSR count). The van der Waals surface area contributed by atoms with Crippen LogP contribution in [-0.4, -0.2) is 11.1 Å². The number of carboxylic acid groups (broad SMARTS) is 1. The number of carbonyl (C=O) groups is 1. The molecule has 1 aliphatic carbocycles. The number of hydrogen-bond acceptors (Lipinski definition) is 3. The van der Waals surface area contributed by atoms with E-state index in [1.165, 1.54) is 6.07 Å². The van der Waals surface area contributed by atoms with Crippen LogP contribution in [0.4, 0.5) is 0 Å². The molecule has 0 heterocycles. The average molecular weight is 239 g/mol.